The number of thiazole rings is 1. The molecule has 0 saturated carbocycles. The summed E-state index contributed by atoms with van der Waals surface area (Å²) in [6.45, 7) is 1.24. The Morgan fingerprint density at radius 2 is 2.29 bits per heavy atom. The van der Waals surface area contributed by atoms with Gasteiger partial charge in [-0.3, -0.25) is 4.72 Å². The highest BCUT2D eigenvalue weighted by Crippen LogP contribution is 2.34. The first-order chi connectivity index (χ1) is 11.4. The van der Waals surface area contributed by atoms with E-state index in [4.69, 9.17) is 11.6 Å². The lowest BCUT2D eigenvalue weighted by Gasteiger charge is -2.21. The molecule has 6 nitrogen and oxygen atoms in total. The van der Waals surface area contributed by atoms with Crippen LogP contribution in [0.5, 0.6) is 0 Å². The van der Waals surface area contributed by atoms with Crippen LogP contribution in [0, 0.1) is 11.7 Å². The zero-order chi connectivity index (χ0) is 17.3. The number of aromatic nitrogens is 1. The number of sulfonamides is 1. The summed E-state index contributed by atoms with van der Waals surface area (Å²) in [6, 6.07) is 2.23. The molecule has 3 rings (SSSR count). The van der Waals surface area contributed by atoms with Gasteiger partial charge in [-0.15, -0.1) is 11.3 Å². The first-order valence-electron chi connectivity index (χ1n) is 7.18. The molecule has 0 radical (unpaired) electrons. The van der Waals surface area contributed by atoms with E-state index in [1.165, 1.54) is 6.20 Å². The summed E-state index contributed by atoms with van der Waals surface area (Å²) in [4.78, 5) is 5.14. The molecule has 10 heteroatoms. The smallest absolute Gasteiger partial charge is 0.266 e. The molecule has 130 valence electrons. The van der Waals surface area contributed by atoms with E-state index in [9.17, 15) is 17.9 Å². The van der Waals surface area contributed by atoms with Gasteiger partial charge in [0.2, 0.25) is 0 Å². The number of nitrogens with one attached hydrogen (secondary N) is 1. The number of hydrogen-bond donors (Lipinski definition) is 2. The number of halogens is 2. The lowest BCUT2D eigenvalue weighted by atomic mass is 10.1. The van der Waals surface area contributed by atoms with E-state index in [0.717, 1.165) is 29.9 Å². The second-order valence-electron chi connectivity index (χ2n) is 5.46. The average molecular weight is 392 g/mol. The molecule has 0 aliphatic carbocycles. The highest BCUT2D eigenvalue weighted by Gasteiger charge is 2.27. The summed E-state index contributed by atoms with van der Waals surface area (Å²) in [6.07, 6.45) is 2.22. The van der Waals surface area contributed by atoms with Gasteiger partial charge in [-0.1, -0.05) is 11.6 Å². The maximum Gasteiger partial charge on any atom is 0.266 e. The van der Waals surface area contributed by atoms with Crippen LogP contribution in [0.2, 0.25) is 5.02 Å². The molecule has 2 N–H and O–H groups in total. The third-order valence-electron chi connectivity index (χ3n) is 3.83. The van der Waals surface area contributed by atoms with Gasteiger partial charge >= 0.3 is 0 Å². The Morgan fingerprint density at radius 1 is 1.50 bits per heavy atom. The molecule has 0 amide bonds. The van der Waals surface area contributed by atoms with Gasteiger partial charge in [-0.2, -0.15) is 0 Å². The Hall–Kier alpha value is -1.42. The number of aliphatic hydroxyl groups is 1. The number of rotatable bonds is 5. The SMILES string of the molecule is O=S(=O)(Nc1nccs1)c1cc(Cl)c(N2CCC(CO)C2)cc1F. The van der Waals surface area contributed by atoms with Gasteiger partial charge < -0.3 is 10.0 Å². The van der Waals surface area contributed by atoms with Gasteiger partial charge in [-0.05, 0) is 12.5 Å². The van der Waals surface area contributed by atoms with Crippen LogP contribution in [0.25, 0.3) is 0 Å². The monoisotopic (exact) mass is 391 g/mol. The molecule has 1 saturated heterocycles. The summed E-state index contributed by atoms with van der Waals surface area (Å²) in [5.74, 6) is -0.773. The molecule has 0 spiro atoms. The van der Waals surface area contributed by atoms with Gasteiger partial charge in [0, 0.05) is 43.3 Å². The summed E-state index contributed by atoms with van der Waals surface area (Å²) in [5.41, 5.74) is 0.429. The Balaban J connectivity index is 1.90. The maximum absolute atomic E-state index is 14.4. The molecule has 1 aliphatic heterocycles. The van der Waals surface area contributed by atoms with E-state index < -0.39 is 20.7 Å². The largest absolute Gasteiger partial charge is 0.396 e. The number of anilines is 2. The van der Waals surface area contributed by atoms with E-state index in [2.05, 4.69) is 9.71 Å². The first-order valence-corrected chi connectivity index (χ1v) is 9.92. The van der Waals surface area contributed by atoms with Gasteiger partial charge in [-0.25, -0.2) is 17.8 Å². The van der Waals surface area contributed by atoms with Gasteiger partial charge in [0.15, 0.2) is 5.13 Å². The molecule has 1 aromatic heterocycles. The first kappa shape index (κ1) is 17.4. The quantitative estimate of drug-likeness (QED) is 0.818. The lowest BCUT2D eigenvalue weighted by molar-refractivity contribution is 0.238. The van der Waals surface area contributed by atoms with Crippen molar-refractivity contribution in [2.45, 2.75) is 11.3 Å². The highest BCUT2D eigenvalue weighted by molar-refractivity contribution is 7.93. The summed E-state index contributed by atoms with van der Waals surface area (Å²) in [5, 5.41) is 11.1. The Labute approximate surface area is 148 Å². The zero-order valence-electron chi connectivity index (χ0n) is 12.4. The third kappa shape index (κ3) is 3.49. The van der Waals surface area contributed by atoms with E-state index in [1.807, 2.05) is 4.90 Å². The molecular weight excluding hydrogens is 377 g/mol. The second kappa shape index (κ2) is 6.83. The third-order valence-corrected chi connectivity index (χ3v) is 6.30. The van der Waals surface area contributed by atoms with E-state index in [0.29, 0.717) is 18.8 Å². The van der Waals surface area contributed by atoms with Gasteiger partial charge in [0.25, 0.3) is 10.0 Å². The molecule has 2 heterocycles. The van der Waals surface area contributed by atoms with Crippen LogP contribution in [-0.4, -0.2) is 38.2 Å². The summed E-state index contributed by atoms with van der Waals surface area (Å²) in [7, 11) is -4.11. The van der Waals surface area contributed by atoms with Crippen LogP contribution in [0.4, 0.5) is 15.2 Å². The van der Waals surface area contributed by atoms with Crippen molar-refractivity contribution in [1.29, 1.82) is 0 Å². The molecule has 24 heavy (non-hydrogen) atoms. The fourth-order valence-electron chi connectivity index (χ4n) is 2.61. The number of hydrogen-bond acceptors (Lipinski definition) is 6. The second-order valence-corrected chi connectivity index (χ2v) is 8.41. The minimum Gasteiger partial charge on any atom is -0.396 e. The fourth-order valence-corrected chi connectivity index (χ4v) is 4.83. The highest BCUT2D eigenvalue weighted by atomic mass is 35.5. The van der Waals surface area contributed by atoms with Crippen molar-refractivity contribution < 1.29 is 17.9 Å². The van der Waals surface area contributed by atoms with Crippen LogP contribution < -0.4 is 9.62 Å². The number of nitrogens with zero attached hydrogens (tertiary/aromatic N) is 2. The predicted molar refractivity (Wildman–Crippen MR) is 91.7 cm³/mol. The number of benzene rings is 1. The molecule has 2 aromatic rings. The standard InChI is InChI=1S/C14H15ClFN3O3S2/c15-10-5-13(24(21,22)18-14-17-2-4-23-14)11(16)6-12(10)19-3-1-9(7-19)8-20/h2,4-6,9,20H,1,3,7-8H2,(H,17,18). The fraction of sp³-hybridized carbons (Fsp3) is 0.357. The predicted octanol–water partition coefficient (Wildman–Crippen LogP) is 2.56. The van der Waals surface area contributed by atoms with Gasteiger partial charge in [0.05, 0.1) is 10.7 Å². The normalized spacial score (nSPS) is 18.1. The van der Waals surface area contributed by atoms with E-state index >= 15 is 0 Å². The zero-order valence-corrected chi connectivity index (χ0v) is 14.8. The average Bonchev–Trinajstić information content (AvgIpc) is 3.19. The van der Waals surface area contributed by atoms with Crippen LogP contribution >= 0.6 is 22.9 Å². The van der Waals surface area contributed by atoms with Crippen molar-refractivity contribution in [2.75, 3.05) is 29.3 Å². The lowest BCUT2D eigenvalue weighted by Crippen LogP contribution is -2.22. The summed E-state index contributed by atoms with van der Waals surface area (Å²) >= 11 is 7.28. The van der Waals surface area contributed by atoms with Crippen molar-refractivity contribution in [2.24, 2.45) is 5.92 Å². The summed E-state index contributed by atoms with van der Waals surface area (Å²) < 4.78 is 41.3. The molecule has 1 aromatic carbocycles. The van der Waals surface area contributed by atoms with Crippen LogP contribution in [0.1, 0.15) is 6.42 Å². The molecule has 1 unspecified atom stereocenters. The molecule has 1 fully saturated rings. The number of aliphatic hydroxyl groups excluding tert-OH is 1. The van der Waals surface area contributed by atoms with E-state index in [-0.39, 0.29) is 22.7 Å². The van der Waals surface area contributed by atoms with Crippen molar-refractivity contribution in [3.8, 4) is 0 Å². The Morgan fingerprint density at radius 3 is 2.92 bits per heavy atom. The van der Waals surface area contributed by atoms with Crippen LogP contribution in [0.15, 0.2) is 28.6 Å². The van der Waals surface area contributed by atoms with Crippen LogP contribution in [0.3, 0.4) is 0 Å². The Bertz CT molecular complexity index is 830. The van der Waals surface area contributed by atoms with Crippen molar-refractivity contribution in [3.05, 3.63) is 34.5 Å². The maximum atomic E-state index is 14.4. The van der Waals surface area contributed by atoms with Gasteiger partial charge in [0.1, 0.15) is 10.7 Å². The minimum absolute atomic E-state index is 0.0563. The Kier molecular flexibility index (Phi) is 4.95. The molecule has 1 atom stereocenters. The van der Waals surface area contributed by atoms with E-state index in [1.54, 1.807) is 5.38 Å². The van der Waals surface area contributed by atoms with Crippen molar-refractivity contribution in [3.63, 3.8) is 0 Å². The van der Waals surface area contributed by atoms with Crippen molar-refractivity contribution >= 4 is 43.8 Å². The molecule has 0 bridgehead atoms. The molecular formula is C14H15ClFN3O3S2. The topological polar surface area (TPSA) is 82.5 Å². The van der Waals surface area contributed by atoms with Crippen molar-refractivity contribution in [1.82, 2.24) is 4.98 Å². The molecule has 1 aliphatic rings. The minimum atomic E-state index is -4.11. The van der Waals surface area contributed by atoms with Crippen LogP contribution in [-0.2, 0) is 10.0 Å².